The molecule has 2 heterocycles. The molecule has 0 radical (unpaired) electrons. The average molecular weight is 308 g/mol. The molecule has 1 aliphatic carbocycles. The number of amides is 4. The van der Waals surface area contributed by atoms with Crippen molar-refractivity contribution in [1.29, 1.82) is 0 Å². The second-order valence-corrected chi connectivity index (χ2v) is 6.86. The summed E-state index contributed by atoms with van der Waals surface area (Å²) in [6.45, 7) is 3.32. The fourth-order valence-electron chi connectivity index (χ4n) is 2.51. The van der Waals surface area contributed by atoms with Crippen LogP contribution in [0.3, 0.4) is 0 Å². The van der Waals surface area contributed by atoms with Crippen molar-refractivity contribution in [1.82, 2.24) is 15.2 Å². The zero-order chi connectivity index (χ0) is 15.2. The highest BCUT2D eigenvalue weighted by molar-refractivity contribution is 7.15. The smallest absolute Gasteiger partial charge is 0.323 e. The molecule has 3 rings (SSSR count). The maximum atomic E-state index is 12.4. The number of aromatic nitrogens is 1. The predicted molar refractivity (Wildman–Crippen MR) is 76.9 cm³/mol. The fraction of sp³-hybridized carbons (Fsp3) is 0.538. The third-order valence-electron chi connectivity index (χ3n) is 3.86. The molecule has 1 aromatic rings. The van der Waals surface area contributed by atoms with Gasteiger partial charge in [0.25, 0.3) is 5.91 Å². The average Bonchev–Trinajstić information content (AvgIpc) is 3.16. The van der Waals surface area contributed by atoms with Crippen LogP contribution in [0.5, 0.6) is 0 Å². The lowest BCUT2D eigenvalue weighted by Crippen LogP contribution is -2.46. The summed E-state index contributed by atoms with van der Waals surface area (Å²) in [5, 5.41) is 5.77. The molecule has 7 nitrogen and oxygen atoms in total. The van der Waals surface area contributed by atoms with Crippen molar-refractivity contribution in [3.8, 4) is 0 Å². The maximum absolute atomic E-state index is 12.4. The molecule has 0 bridgehead atoms. The number of hydrogen-bond acceptors (Lipinski definition) is 5. The van der Waals surface area contributed by atoms with Crippen LogP contribution in [-0.2, 0) is 9.59 Å². The number of aryl methyl sites for hydroxylation is 1. The molecule has 1 saturated carbocycles. The zero-order valence-electron chi connectivity index (χ0n) is 11.8. The van der Waals surface area contributed by atoms with Crippen LogP contribution >= 0.6 is 11.3 Å². The van der Waals surface area contributed by atoms with Crippen LogP contribution in [0, 0.1) is 12.8 Å². The first kappa shape index (κ1) is 14.0. The molecule has 2 aliphatic rings. The molecule has 0 spiro atoms. The largest absolute Gasteiger partial charge is 0.325 e. The summed E-state index contributed by atoms with van der Waals surface area (Å²) >= 11 is 1.34. The van der Waals surface area contributed by atoms with Crippen LogP contribution in [0.1, 0.15) is 24.6 Å². The molecule has 112 valence electrons. The van der Waals surface area contributed by atoms with Gasteiger partial charge in [-0.05, 0) is 32.6 Å². The summed E-state index contributed by atoms with van der Waals surface area (Å²) < 4.78 is 0. The van der Waals surface area contributed by atoms with Crippen LogP contribution in [0.15, 0.2) is 6.20 Å². The third kappa shape index (κ3) is 2.51. The normalized spacial score (nSPS) is 25.1. The molecule has 1 aromatic heterocycles. The SMILES string of the molecule is Cc1cnc(NC(=O)CN2C(=O)N[C@@](C)(C3CC3)C2=O)s1. The van der Waals surface area contributed by atoms with Crippen molar-refractivity contribution in [3.05, 3.63) is 11.1 Å². The lowest BCUT2D eigenvalue weighted by atomic mass is 9.96. The van der Waals surface area contributed by atoms with Crippen LogP contribution < -0.4 is 10.6 Å². The van der Waals surface area contributed by atoms with Crippen molar-refractivity contribution in [2.75, 3.05) is 11.9 Å². The summed E-state index contributed by atoms with van der Waals surface area (Å²) in [6, 6.07) is -0.500. The molecule has 2 N–H and O–H groups in total. The van der Waals surface area contributed by atoms with Crippen molar-refractivity contribution in [3.63, 3.8) is 0 Å². The van der Waals surface area contributed by atoms with Crippen LogP contribution in [0.4, 0.5) is 9.93 Å². The Labute approximate surface area is 125 Å². The molecule has 2 fully saturated rings. The van der Waals surface area contributed by atoms with E-state index in [0.29, 0.717) is 5.13 Å². The molecule has 0 aromatic carbocycles. The first-order valence-corrected chi connectivity index (χ1v) is 7.58. The first-order valence-electron chi connectivity index (χ1n) is 6.76. The van der Waals surface area contributed by atoms with E-state index in [-0.39, 0.29) is 18.4 Å². The quantitative estimate of drug-likeness (QED) is 0.815. The molecule has 8 heteroatoms. The molecule has 1 atom stereocenters. The number of hydrogen-bond donors (Lipinski definition) is 2. The summed E-state index contributed by atoms with van der Waals surface area (Å²) in [7, 11) is 0. The van der Waals surface area contributed by atoms with Gasteiger partial charge >= 0.3 is 6.03 Å². The topological polar surface area (TPSA) is 91.4 Å². The van der Waals surface area contributed by atoms with Gasteiger partial charge in [-0.25, -0.2) is 9.78 Å². The van der Waals surface area contributed by atoms with Gasteiger partial charge in [-0.15, -0.1) is 11.3 Å². The van der Waals surface area contributed by atoms with Gasteiger partial charge in [-0.3, -0.25) is 14.5 Å². The molecule has 0 unspecified atom stereocenters. The van der Waals surface area contributed by atoms with Gasteiger partial charge < -0.3 is 10.6 Å². The second-order valence-electron chi connectivity index (χ2n) is 5.62. The van der Waals surface area contributed by atoms with Gasteiger partial charge in [0.15, 0.2) is 5.13 Å². The van der Waals surface area contributed by atoms with Crippen molar-refractivity contribution in [2.45, 2.75) is 32.2 Å². The monoisotopic (exact) mass is 308 g/mol. The van der Waals surface area contributed by atoms with Crippen LogP contribution in [0.2, 0.25) is 0 Å². The fourth-order valence-corrected chi connectivity index (χ4v) is 3.19. The van der Waals surface area contributed by atoms with E-state index in [1.165, 1.54) is 11.3 Å². The summed E-state index contributed by atoms with van der Waals surface area (Å²) in [5.41, 5.74) is -0.852. The van der Waals surface area contributed by atoms with Gasteiger partial charge in [0.2, 0.25) is 5.91 Å². The number of rotatable bonds is 4. The van der Waals surface area contributed by atoms with E-state index in [4.69, 9.17) is 0 Å². The Hall–Kier alpha value is -1.96. The second kappa shape index (κ2) is 4.80. The van der Waals surface area contributed by atoms with E-state index in [1.54, 1.807) is 13.1 Å². The van der Waals surface area contributed by atoms with Gasteiger partial charge in [0.05, 0.1) is 0 Å². The summed E-state index contributed by atoms with van der Waals surface area (Å²) in [5.74, 6) is -0.558. The van der Waals surface area contributed by atoms with Gasteiger partial charge in [0.1, 0.15) is 12.1 Å². The molecule has 1 aliphatic heterocycles. The van der Waals surface area contributed by atoms with E-state index in [2.05, 4.69) is 15.6 Å². The Bertz CT molecular complexity index is 625. The van der Waals surface area contributed by atoms with Gasteiger partial charge in [0, 0.05) is 11.1 Å². The lowest BCUT2D eigenvalue weighted by molar-refractivity contribution is -0.134. The zero-order valence-corrected chi connectivity index (χ0v) is 12.6. The summed E-state index contributed by atoms with van der Waals surface area (Å²) in [6.07, 6.45) is 3.51. The number of thiazole rings is 1. The van der Waals surface area contributed by atoms with Gasteiger partial charge in [-0.1, -0.05) is 0 Å². The highest BCUT2D eigenvalue weighted by Crippen LogP contribution is 2.42. The number of carbonyl (C=O) groups excluding carboxylic acids is 3. The Kier molecular flexibility index (Phi) is 3.20. The minimum absolute atomic E-state index is 0.184. The first-order chi connectivity index (χ1) is 9.90. The molecule has 1 saturated heterocycles. The third-order valence-corrected chi connectivity index (χ3v) is 4.69. The molecular formula is C13H16N4O3S. The minimum atomic E-state index is -0.852. The number of urea groups is 1. The Morgan fingerprint density at radius 1 is 1.57 bits per heavy atom. The van der Waals surface area contributed by atoms with Crippen molar-refractivity contribution in [2.24, 2.45) is 5.92 Å². The van der Waals surface area contributed by atoms with E-state index in [0.717, 1.165) is 22.6 Å². The number of imide groups is 1. The molecular weight excluding hydrogens is 292 g/mol. The molecule has 21 heavy (non-hydrogen) atoms. The Morgan fingerprint density at radius 3 is 2.86 bits per heavy atom. The van der Waals surface area contributed by atoms with E-state index in [1.807, 2.05) is 6.92 Å². The highest BCUT2D eigenvalue weighted by Gasteiger charge is 2.56. The van der Waals surface area contributed by atoms with E-state index >= 15 is 0 Å². The minimum Gasteiger partial charge on any atom is -0.323 e. The van der Waals surface area contributed by atoms with E-state index < -0.39 is 17.5 Å². The number of nitrogens with one attached hydrogen (secondary N) is 2. The predicted octanol–water partition coefficient (Wildman–Crippen LogP) is 1.11. The number of carbonyl (C=O) groups is 3. The van der Waals surface area contributed by atoms with Crippen molar-refractivity contribution >= 4 is 34.3 Å². The Morgan fingerprint density at radius 2 is 2.29 bits per heavy atom. The van der Waals surface area contributed by atoms with Crippen LogP contribution in [0.25, 0.3) is 0 Å². The van der Waals surface area contributed by atoms with Crippen LogP contribution in [-0.4, -0.2) is 39.8 Å². The lowest BCUT2D eigenvalue weighted by Gasteiger charge is -2.20. The maximum Gasteiger partial charge on any atom is 0.325 e. The standard InChI is InChI=1S/C13H16N4O3S/c1-7-5-14-11(21-7)15-9(18)6-17-10(19)13(2,8-3-4-8)16-12(17)20/h5,8H,3-4,6H2,1-2H3,(H,16,20)(H,14,15,18)/t13-/m0/s1. The number of nitrogens with zero attached hydrogens (tertiary/aromatic N) is 2. The van der Waals surface area contributed by atoms with Gasteiger partial charge in [-0.2, -0.15) is 0 Å². The highest BCUT2D eigenvalue weighted by atomic mass is 32.1. The van der Waals surface area contributed by atoms with Crippen molar-refractivity contribution < 1.29 is 14.4 Å². The molecule has 4 amide bonds. The number of anilines is 1. The Balaban J connectivity index is 1.65. The summed E-state index contributed by atoms with van der Waals surface area (Å²) in [4.78, 5) is 42.2. The van der Waals surface area contributed by atoms with E-state index in [9.17, 15) is 14.4 Å².